The molecular formula is C9H17NO10P2. The number of nitrogens with one attached hydrogen (secondary N) is 1. The van der Waals surface area contributed by atoms with E-state index in [9.17, 15) is 14.2 Å². The lowest BCUT2D eigenvalue weighted by atomic mass is 10.1. The molecule has 0 aliphatic carbocycles. The molecule has 0 bridgehead atoms. The maximum atomic E-state index is 9.63. The van der Waals surface area contributed by atoms with E-state index in [-0.39, 0.29) is 11.5 Å². The minimum atomic E-state index is -5.05. The second kappa shape index (κ2) is 8.59. The fraction of sp³-hybridized carbons (Fsp3) is 0.333. The summed E-state index contributed by atoms with van der Waals surface area (Å²) < 4.78 is 22.2. The molecule has 1 aromatic rings. The highest BCUT2D eigenvalue weighted by Gasteiger charge is 2.27. The molecule has 0 amide bonds. The molecule has 11 nitrogen and oxygen atoms in total. The van der Waals surface area contributed by atoms with Crippen LogP contribution >= 0.6 is 15.6 Å². The van der Waals surface area contributed by atoms with Gasteiger partial charge in [0.2, 0.25) is 0 Å². The van der Waals surface area contributed by atoms with Crippen LogP contribution in [0.1, 0.15) is 11.7 Å². The molecule has 0 aliphatic heterocycles. The van der Waals surface area contributed by atoms with Gasteiger partial charge in [-0.1, -0.05) is 6.07 Å². The van der Waals surface area contributed by atoms with Crippen LogP contribution in [0.5, 0.6) is 11.5 Å². The Hall–Kier alpha value is -1.00. The van der Waals surface area contributed by atoms with Gasteiger partial charge >= 0.3 is 15.6 Å². The predicted octanol–water partition coefficient (Wildman–Crippen LogP) is -0.461. The van der Waals surface area contributed by atoms with E-state index in [0.717, 1.165) is 0 Å². The highest BCUT2D eigenvalue weighted by Crippen LogP contribution is 2.53. The van der Waals surface area contributed by atoms with Crippen molar-refractivity contribution in [3.8, 4) is 11.5 Å². The Morgan fingerprint density at radius 1 is 1.09 bits per heavy atom. The van der Waals surface area contributed by atoms with E-state index in [2.05, 4.69) is 9.63 Å². The minimum Gasteiger partial charge on any atom is -0.504 e. The number of hydrogen-bond donors (Lipinski definition) is 8. The molecule has 0 saturated carbocycles. The van der Waals surface area contributed by atoms with Crippen LogP contribution in [0.4, 0.5) is 0 Å². The van der Waals surface area contributed by atoms with E-state index in [1.54, 1.807) is 13.1 Å². The Morgan fingerprint density at radius 2 is 1.59 bits per heavy atom. The summed E-state index contributed by atoms with van der Waals surface area (Å²) in [6, 6.07) is 4.26. The van der Waals surface area contributed by atoms with Gasteiger partial charge < -0.3 is 40.2 Å². The number of hydrogen-bond acceptors (Lipinski definition) is 7. The molecule has 128 valence electrons. The predicted molar refractivity (Wildman–Crippen MR) is 73.8 cm³/mol. The third-order valence-corrected chi connectivity index (χ3v) is 3.70. The van der Waals surface area contributed by atoms with Crippen LogP contribution in [0.25, 0.3) is 0 Å². The average Bonchev–Trinajstić information content (AvgIpc) is 2.29. The molecule has 0 radical (unpaired) electrons. The number of benzene rings is 1. The van der Waals surface area contributed by atoms with Gasteiger partial charge in [-0.2, -0.15) is 4.31 Å². The van der Waals surface area contributed by atoms with Crippen molar-refractivity contribution in [2.75, 3.05) is 13.6 Å². The molecule has 0 aliphatic rings. The largest absolute Gasteiger partial charge is 0.504 e. The van der Waals surface area contributed by atoms with Crippen LogP contribution in [0, 0.1) is 0 Å². The van der Waals surface area contributed by atoms with Crippen molar-refractivity contribution in [1.82, 2.24) is 5.32 Å². The number of phosphoric acid groups is 2. The second-order valence-corrected chi connectivity index (χ2v) is 6.50. The van der Waals surface area contributed by atoms with Gasteiger partial charge in [0.05, 0.1) is 6.10 Å². The molecule has 22 heavy (non-hydrogen) atoms. The zero-order chi connectivity index (χ0) is 17.6. The van der Waals surface area contributed by atoms with Gasteiger partial charge in [0.15, 0.2) is 11.5 Å². The van der Waals surface area contributed by atoms with Gasteiger partial charge in [-0.05, 0) is 24.7 Å². The van der Waals surface area contributed by atoms with E-state index in [1.165, 1.54) is 12.1 Å². The number of rotatable bonds is 5. The number of phenolic OH excluding ortho intramolecular Hbond substituents is 2. The summed E-state index contributed by atoms with van der Waals surface area (Å²) in [5, 5.41) is 30.4. The van der Waals surface area contributed by atoms with Crippen molar-refractivity contribution < 1.29 is 48.3 Å². The van der Waals surface area contributed by atoms with Crippen LogP contribution in [-0.2, 0) is 13.4 Å². The first-order valence-corrected chi connectivity index (χ1v) is 8.58. The van der Waals surface area contributed by atoms with E-state index in [0.29, 0.717) is 12.1 Å². The zero-order valence-corrected chi connectivity index (χ0v) is 13.1. The topological polar surface area (TPSA) is 197 Å². The third kappa shape index (κ3) is 9.85. The van der Waals surface area contributed by atoms with Crippen molar-refractivity contribution >= 4 is 15.6 Å². The molecule has 1 rings (SSSR count). The SMILES string of the molecule is CNCC(O)c1ccc(O)c(O)c1.O=P(O)(O)OP(=O)(O)O. The van der Waals surface area contributed by atoms with E-state index in [1.807, 2.05) is 0 Å². The summed E-state index contributed by atoms with van der Waals surface area (Å²) in [7, 11) is -8.38. The lowest BCUT2D eigenvalue weighted by Crippen LogP contribution is -2.16. The van der Waals surface area contributed by atoms with Crippen molar-refractivity contribution in [3.05, 3.63) is 23.8 Å². The summed E-state index contributed by atoms with van der Waals surface area (Å²) >= 11 is 0. The number of likely N-dealkylation sites (N-methyl/N-ethyl adjacent to an activating group) is 1. The first-order valence-electron chi connectivity index (χ1n) is 5.52. The molecule has 1 aromatic carbocycles. The molecule has 0 saturated heterocycles. The molecule has 8 N–H and O–H groups in total. The zero-order valence-electron chi connectivity index (χ0n) is 11.3. The van der Waals surface area contributed by atoms with Gasteiger partial charge in [0.25, 0.3) is 0 Å². The van der Waals surface area contributed by atoms with Crippen LogP contribution in [0.15, 0.2) is 18.2 Å². The number of aromatic hydroxyl groups is 2. The Balaban J connectivity index is 0.000000433. The summed E-state index contributed by atoms with van der Waals surface area (Å²) in [6.07, 6.45) is -0.670. The first-order chi connectivity index (χ1) is 9.85. The summed E-state index contributed by atoms with van der Waals surface area (Å²) in [4.78, 5) is 31.0. The summed E-state index contributed by atoms with van der Waals surface area (Å²) in [5.41, 5.74) is 0.574. The molecule has 1 atom stereocenters. The highest BCUT2D eigenvalue weighted by atomic mass is 31.3. The van der Waals surface area contributed by atoms with Crippen LogP contribution < -0.4 is 5.32 Å². The van der Waals surface area contributed by atoms with Crippen molar-refractivity contribution in [1.29, 1.82) is 0 Å². The average molecular weight is 361 g/mol. The van der Waals surface area contributed by atoms with Crippen LogP contribution in [0.3, 0.4) is 0 Å². The van der Waals surface area contributed by atoms with Crippen molar-refractivity contribution in [3.63, 3.8) is 0 Å². The molecule has 13 heteroatoms. The number of aliphatic hydroxyl groups is 1. The maximum absolute atomic E-state index is 9.63. The Bertz CT molecular complexity index is 548. The Kier molecular flexibility index (Phi) is 8.19. The fourth-order valence-electron chi connectivity index (χ4n) is 1.20. The van der Waals surface area contributed by atoms with Crippen LogP contribution in [-0.4, -0.2) is 48.5 Å². The first kappa shape index (κ1) is 21.0. The monoisotopic (exact) mass is 361 g/mol. The summed E-state index contributed by atoms with van der Waals surface area (Å²) in [5.74, 6) is -0.395. The smallest absolute Gasteiger partial charge is 0.478 e. The fourth-order valence-corrected chi connectivity index (χ4v) is 2.31. The maximum Gasteiger partial charge on any atom is 0.478 e. The molecular weight excluding hydrogens is 344 g/mol. The highest BCUT2D eigenvalue weighted by molar-refractivity contribution is 7.60. The second-order valence-electron chi connectivity index (χ2n) is 3.88. The number of aliphatic hydroxyl groups excluding tert-OH is 1. The quantitative estimate of drug-likeness (QED) is 0.249. The molecule has 0 aromatic heterocycles. The lowest BCUT2D eigenvalue weighted by molar-refractivity contribution is 0.177. The Labute approximate surface area is 125 Å². The standard InChI is InChI=1S/C9H13NO3.H4O7P2/c1-10-5-9(13)6-2-3-7(11)8(12)4-6;1-8(2,3)7-9(4,5)6/h2-4,9-13H,5H2,1H3;(H2,1,2,3)(H2,4,5,6). The van der Waals surface area contributed by atoms with E-state index >= 15 is 0 Å². The number of phenols is 2. The van der Waals surface area contributed by atoms with Gasteiger partial charge in [-0.25, -0.2) is 9.13 Å². The molecule has 1 unspecified atom stereocenters. The van der Waals surface area contributed by atoms with Gasteiger partial charge in [0.1, 0.15) is 0 Å². The van der Waals surface area contributed by atoms with Gasteiger partial charge in [-0.3, -0.25) is 0 Å². The third-order valence-electron chi connectivity index (χ3n) is 1.99. The van der Waals surface area contributed by atoms with Crippen molar-refractivity contribution in [2.24, 2.45) is 0 Å². The minimum absolute atomic E-state index is 0.180. The van der Waals surface area contributed by atoms with Gasteiger partial charge in [0, 0.05) is 6.54 Å². The lowest BCUT2D eigenvalue weighted by Gasteiger charge is -2.10. The van der Waals surface area contributed by atoms with E-state index in [4.69, 9.17) is 29.8 Å². The van der Waals surface area contributed by atoms with Gasteiger partial charge in [-0.15, -0.1) is 0 Å². The molecule has 0 fully saturated rings. The Morgan fingerprint density at radius 3 is 1.91 bits per heavy atom. The van der Waals surface area contributed by atoms with Crippen molar-refractivity contribution in [2.45, 2.75) is 6.10 Å². The van der Waals surface area contributed by atoms with E-state index < -0.39 is 21.7 Å². The van der Waals surface area contributed by atoms with Crippen LogP contribution in [0.2, 0.25) is 0 Å². The molecule has 0 heterocycles. The normalized spacial score (nSPS) is 13.2. The molecule has 0 spiro atoms. The summed E-state index contributed by atoms with van der Waals surface area (Å²) in [6.45, 7) is 0.407.